The Hall–Kier alpha value is -3.84. The molecule has 1 saturated heterocycles. The van der Waals surface area contributed by atoms with Gasteiger partial charge in [0, 0.05) is 35.6 Å². The number of amides is 1. The van der Waals surface area contributed by atoms with Crippen LogP contribution in [0.25, 0.3) is 0 Å². The molecule has 1 aliphatic heterocycles. The van der Waals surface area contributed by atoms with Crippen LogP contribution in [-0.4, -0.2) is 38.0 Å². The normalized spacial score (nSPS) is 14.4. The highest BCUT2D eigenvalue weighted by Crippen LogP contribution is 2.25. The lowest BCUT2D eigenvalue weighted by atomic mass is 10.1. The third kappa shape index (κ3) is 5.25. The van der Waals surface area contributed by atoms with Crippen molar-refractivity contribution in [2.75, 3.05) is 36.5 Å². The van der Waals surface area contributed by atoms with Crippen LogP contribution in [0.1, 0.15) is 17.2 Å². The Kier molecular flexibility index (Phi) is 6.67. The number of morpholine rings is 1. The van der Waals surface area contributed by atoms with E-state index in [1.807, 2.05) is 54.6 Å². The van der Waals surface area contributed by atoms with Crippen LogP contribution in [0.15, 0.2) is 78.9 Å². The van der Waals surface area contributed by atoms with E-state index >= 15 is 0 Å². The molecule has 164 valence electrons. The first-order valence-corrected chi connectivity index (χ1v) is 10.5. The Morgan fingerprint density at radius 2 is 1.72 bits per heavy atom. The zero-order valence-electron chi connectivity index (χ0n) is 17.7. The van der Waals surface area contributed by atoms with Gasteiger partial charge in [-0.05, 0) is 36.4 Å². The highest BCUT2D eigenvalue weighted by molar-refractivity contribution is 5.96. The predicted octanol–water partition coefficient (Wildman–Crippen LogP) is 3.57. The first-order valence-electron chi connectivity index (χ1n) is 10.5. The maximum atomic E-state index is 13.2. The van der Waals surface area contributed by atoms with Gasteiger partial charge in [0.25, 0.3) is 5.91 Å². The number of carbonyl (C=O) groups excluding carboxylic acids is 1. The maximum absolute atomic E-state index is 13.2. The summed E-state index contributed by atoms with van der Waals surface area (Å²) in [7, 11) is 0. The summed E-state index contributed by atoms with van der Waals surface area (Å²) in [5, 5.41) is 10.6. The van der Waals surface area contributed by atoms with Crippen molar-refractivity contribution < 1.29 is 14.3 Å². The number of amidine groups is 1. The van der Waals surface area contributed by atoms with E-state index in [0.29, 0.717) is 17.0 Å². The number of nitrogens with zero attached hydrogens (tertiary/aromatic N) is 1. The first-order chi connectivity index (χ1) is 15.6. The van der Waals surface area contributed by atoms with Gasteiger partial charge in [-0.1, -0.05) is 42.5 Å². The molecule has 4 N–H and O–H groups in total. The third-order valence-electron chi connectivity index (χ3n) is 5.25. The summed E-state index contributed by atoms with van der Waals surface area (Å²) in [6.45, 7) is 3.16. The van der Waals surface area contributed by atoms with Crippen molar-refractivity contribution in [1.29, 1.82) is 5.41 Å². The van der Waals surface area contributed by atoms with Gasteiger partial charge in [0.1, 0.15) is 11.6 Å². The number of nitrogen functional groups attached to an aromatic ring is 1. The van der Waals surface area contributed by atoms with E-state index < -0.39 is 6.10 Å². The van der Waals surface area contributed by atoms with Gasteiger partial charge in [-0.25, -0.2) is 0 Å². The van der Waals surface area contributed by atoms with Crippen molar-refractivity contribution in [3.05, 3.63) is 90.0 Å². The Labute approximate surface area is 187 Å². The Morgan fingerprint density at radius 1 is 1.00 bits per heavy atom. The van der Waals surface area contributed by atoms with Gasteiger partial charge in [-0.15, -0.1) is 0 Å². The summed E-state index contributed by atoms with van der Waals surface area (Å²) in [5.41, 5.74) is 8.64. The quantitative estimate of drug-likeness (QED) is 0.393. The molecule has 7 nitrogen and oxygen atoms in total. The lowest BCUT2D eigenvalue weighted by Crippen LogP contribution is -2.36. The van der Waals surface area contributed by atoms with Gasteiger partial charge in [0.15, 0.2) is 0 Å². The molecule has 1 atom stereocenters. The van der Waals surface area contributed by atoms with Crippen molar-refractivity contribution in [2.45, 2.75) is 6.10 Å². The third-order valence-corrected chi connectivity index (χ3v) is 5.25. The minimum atomic E-state index is -0.864. The van der Waals surface area contributed by atoms with Crippen LogP contribution >= 0.6 is 0 Å². The predicted molar refractivity (Wildman–Crippen MR) is 125 cm³/mol. The second kappa shape index (κ2) is 9.98. The van der Waals surface area contributed by atoms with E-state index in [-0.39, 0.29) is 11.7 Å². The highest BCUT2D eigenvalue weighted by atomic mass is 16.5. The standard InChI is InChI=1S/C25H26N4O3/c26-24(27)19-7-4-8-22(17-19)32-23(18-5-2-1-3-6-18)25(30)28-20-9-11-21(12-10-20)29-13-15-31-16-14-29/h1-12,17,23H,13-16H2,(H3,26,27)(H,28,30). The number of hydrogen-bond donors (Lipinski definition) is 3. The molecule has 1 heterocycles. The molecule has 7 heteroatoms. The van der Waals surface area contributed by atoms with Crippen molar-refractivity contribution >= 4 is 23.1 Å². The number of ether oxygens (including phenoxy) is 2. The fourth-order valence-corrected chi connectivity index (χ4v) is 3.56. The van der Waals surface area contributed by atoms with E-state index in [1.54, 1.807) is 24.3 Å². The molecular weight excluding hydrogens is 404 g/mol. The van der Waals surface area contributed by atoms with Crippen LogP contribution in [0.4, 0.5) is 11.4 Å². The molecule has 3 aromatic carbocycles. The number of benzene rings is 3. The molecule has 1 aliphatic rings. The van der Waals surface area contributed by atoms with Crippen LogP contribution in [0.3, 0.4) is 0 Å². The molecule has 0 aromatic heterocycles. The van der Waals surface area contributed by atoms with Crippen LogP contribution < -0.4 is 20.7 Å². The Morgan fingerprint density at radius 3 is 2.41 bits per heavy atom. The molecule has 1 unspecified atom stereocenters. The molecule has 0 saturated carbocycles. The van der Waals surface area contributed by atoms with Gasteiger partial charge in [0.05, 0.1) is 13.2 Å². The molecule has 32 heavy (non-hydrogen) atoms. The highest BCUT2D eigenvalue weighted by Gasteiger charge is 2.23. The van der Waals surface area contributed by atoms with E-state index in [0.717, 1.165) is 37.6 Å². The van der Waals surface area contributed by atoms with Crippen molar-refractivity contribution in [1.82, 2.24) is 0 Å². The number of carbonyl (C=O) groups is 1. The monoisotopic (exact) mass is 430 g/mol. The minimum absolute atomic E-state index is 0.0588. The number of hydrogen-bond acceptors (Lipinski definition) is 5. The van der Waals surface area contributed by atoms with Crippen LogP contribution in [0, 0.1) is 5.41 Å². The second-order valence-corrected chi connectivity index (χ2v) is 7.49. The van der Waals surface area contributed by atoms with Crippen molar-refractivity contribution in [3.8, 4) is 5.75 Å². The summed E-state index contributed by atoms with van der Waals surface area (Å²) >= 11 is 0. The van der Waals surface area contributed by atoms with Gasteiger partial charge in [-0.2, -0.15) is 0 Å². The molecule has 0 spiro atoms. The van der Waals surface area contributed by atoms with Gasteiger partial charge in [0.2, 0.25) is 6.10 Å². The maximum Gasteiger partial charge on any atom is 0.270 e. The van der Waals surface area contributed by atoms with Crippen LogP contribution in [-0.2, 0) is 9.53 Å². The SMILES string of the molecule is N=C(N)c1cccc(OC(C(=O)Nc2ccc(N3CCOCC3)cc2)c2ccccc2)c1. The topological polar surface area (TPSA) is 101 Å². The number of nitrogens with two attached hydrogens (primary N) is 1. The number of nitrogens with one attached hydrogen (secondary N) is 2. The number of rotatable bonds is 7. The summed E-state index contributed by atoms with van der Waals surface area (Å²) in [6.07, 6.45) is -0.864. The fourth-order valence-electron chi connectivity index (χ4n) is 3.56. The molecule has 1 fully saturated rings. The Bertz CT molecular complexity index is 1060. The fraction of sp³-hybridized carbons (Fsp3) is 0.200. The molecule has 0 radical (unpaired) electrons. The van der Waals surface area contributed by atoms with Crippen molar-refractivity contribution in [2.24, 2.45) is 5.73 Å². The molecule has 4 rings (SSSR count). The Balaban J connectivity index is 1.51. The zero-order valence-corrected chi connectivity index (χ0v) is 17.7. The van der Waals surface area contributed by atoms with Gasteiger partial charge < -0.3 is 25.4 Å². The molecule has 3 aromatic rings. The summed E-state index contributed by atoms with van der Waals surface area (Å²) < 4.78 is 11.5. The summed E-state index contributed by atoms with van der Waals surface area (Å²) in [6, 6.07) is 24.0. The smallest absolute Gasteiger partial charge is 0.270 e. The van der Waals surface area contributed by atoms with Crippen LogP contribution in [0.5, 0.6) is 5.75 Å². The molecule has 0 aliphatic carbocycles. The lowest BCUT2D eigenvalue weighted by molar-refractivity contribution is -0.123. The van der Waals surface area contributed by atoms with Gasteiger partial charge >= 0.3 is 0 Å². The summed E-state index contributed by atoms with van der Waals surface area (Å²) in [5.74, 6) is 0.115. The first kappa shape index (κ1) is 21.4. The average molecular weight is 431 g/mol. The van der Waals surface area contributed by atoms with Crippen LogP contribution in [0.2, 0.25) is 0 Å². The molecular formula is C25H26N4O3. The molecule has 1 amide bonds. The summed E-state index contributed by atoms with van der Waals surface area (Å²) in [4.78, 5) is 15.4. The number of anilines is 2. The van der Waals surface area contributed by atoms with E-state index in [2.05, 4.69) is 10.2 Å². The molecule has 0 bridgehead atoms. The van der Waals surface area contributed by atoms with E-state index in [4.69, 9.17) is 20.6 Å². The van der Waals surface area contributed by atoms with Gasteiger partial charge in [-0.3, -0.25) is 10.2 Å². The second-order valence-electron chi connectivity index (χ2n) is 7.49. The lowest BCUT2D eigenvalue weighted by Gasteiger charge is -2.29. The van der Waals surface area contributed by atoms with E-state index in [1.165, 1.54) is 0 Å². The average Bonchev–Trinajstić information content (AvgIpc) is 2.84. The van der Waals surface area contributed by atoms with E-state index in [9.17, 15) is 4.79 Å². The minimum Gasteiger partial charge on any atom is -0.476 e. The van der Waals surface area contributed by atoms with Crippen molar-refractivity contribution in [3.63, 3.8) is 0 Å². The largest absolute Gasteiger partial charge is 0.476 e. The zero-order chi connectivity index (χ0) is 22.3.